The standard InChI is InChI=1S/C14H18N4O/c1-11-9-17(7-5-15-11)10-12-8-14(19)18-6-3-2-4-13(18)16-12/h2-4,6,8,11,15H,5,7,9-10H2,1H3. The van der Waals surface area contributed by atoms with Gasteiger partial charge in [-0.2, -0.15) is 0 Å². The van der Waals surface area contributed by atoms with Crippen LogP contribution in [0.2, 0.25) is 0 Å². The van der Waals surface area contributed by atoms with E-state index in [1.54, 1.807) is 16.7 Å². The smallest absolute Gasteiger partial charge is 0.258 e. The van der Waals surface area contributed by atoms with Crippen LogP contribution < -0.4 is 10.9 Å². The molecule has 0 spiro atoms. The second-order valence-corrected chi connectivity index (χ2v) is 5.10. The molecule has 5 heteroatoms. The van der Waals surface area contributed by atoms with E-state index < -0.39 is 0 Å². The molecule has 0 bridgehead atoms. The van der Waals surface area contributed by atoms with Crippen molar-refractivity contribution in [3.8, 4) is 0 Å². The fourth-order valence-electron chi connectivity index (χ4n) is 2.57. The molecule has 3 rings (SSSR count). The van der Waals surface area contributed by atoms with Gasteiger partial charge >= 0.3 is 0 Å². The lowest BCUT2D eigenvalue weighted by molar-refractivity contribution is 0.197. The fourth-order valence-corrected chi connectivity index (χ4v) is 2.57. The summed E-state index contributed by atoms with van der Waals surface area (Å²) < 4.78 is 1.57. The van der Waals surface area contributed by atoms with Gasteiger partial charge in [0.25, 0.3) is 5.56 Å². The summed E-state index contributed by atoms with van der Waals surface area (Å²) in [4.78, 5) is 18.9. The van der Waals surface area contributed by atoms with E-state index in [4.69, 9.17) is 0 Å². The predicted molar refractivity (Wildman–Crippen MR) is 74.2 cm³/mol. The Balaban J connectivity index is 1.87. The van der Waals surface area contributed by atoms with Crippen molar-refractivity contribution in [3.05, 3.63) is 46.5 Å². The highest BCUT2D eigenvalue weighted by Crippen LogP contribution is 2.05. The van der Waals surface area contributed by atoms with E-state index in [-0.39, 0.29) is 5.56 Å². The van der Waals surface area contributed by atoms with E-state index in [0.717, 1.165) is 31.9 Å². The van der Waals surface area contributed by atoms with Gasteiger partial charge in [-0.3, -0.25) is 14.1 Å². The van der Waals surface area contributed by atoms with Gasteiger partial charge in [-0.05, 0) is 19.1 Å². The monoisotopic (exact) mass is 258 g/mol. The Hall–Kier alpha value is -1.72. The number of nitrogens with one attached hydrogen (secondary N) is 1. The zero-order valence-electron chi connectivity index (χ0n) is 11.0. The first-order valence-electron chi connectivity index (χ1n) is 6.65. The average molecular weight is 258 g/mol. The maximum atomic E-state index is 12.0. The summed E-state index contributed by atoms with van der Waals surface area (Å²) in [5.74, 6) is 0. The van der Waals surface area contributed by atoms with Crippen molar-refractivity contribution in [2.75, 3.05) is 19.6 Å². The van der Waals surface area contributed by atoms with Crippen molar-refractivity contribution >= 4 is 5.65 Å². The number of aromatic nitrogens is 2. The second-order valence-electron chi connectivity index (χ2n) is 5.10. The van der Waals surface area contributed by atoms with Crippen molar-refractivity contribution in [1.29, 1.82) is 0 Å². The van der Waals surface area contributed by atoms with Crippen LogP contribution in [0.3, 0.4) is 0 Å². The number of nitrogens with zero attached hydrogens (tertiary/aromatic N) is 3. The topological polar surface area (TPSA) is 49.6 Å². The third kappa shape index (κ3) is 2.67. The van der Waals surface area contributed by atoms with Gasteiger partial charge in [-0.1, -0.05) is 6.07 Å². The Morgan fingerprint density at radius 2 is 2.37 bits per heavy atom. The average Bonchev–Trinajstić information content (AvgIpc) is 2.39. The van der Waals surface area contributed by atoms with Crippen LogP contribution in [0.25, 0.3) is 5.65 Å². The van der Waals surface area contributed by atoms with Crippen LogP contribution in [0.4, 0.5) is 0 Å². The van der Waals surface area contributed by atoms with Crippen molar-refractivity contribution in [3.63, 3.8) is 0 Å². The van der Waals surface area contributed by atoms with Crippen LogP contribution in [0.15, 0.2) is 35.3 Å². The summed E-state index contributed by atoms with van der Waals surface area (Å²) in [5.41, 5.74) is 1.56. The molecule has 1 saturated heterocycles. The predicted octanol–water partition coefficient (Wildman–Crippen LogP) is 0.488. The third-order valence-electron chi connectivity index (χ3n) is 3.46. The van der Waals surface area contributed by atoms with E-state index in [2.05, 4.69) is 22.1 Å². The highest BCUT2D eigenvalue weighted by molar-refractivity contribution is 5.37. The summed E-state index contributed by atoms with van der Waals surface area (Å²) >= 11 is 0. The van der Waals surface area contributed by atoms with E-state index in [1.165, 1.54) is 0 Å². The number of piperazine rings is 1. The molecule has 0 radical (unpaired) electrons. The van der Waals surface area contributed by atoms with Gasteiger partial charge in [0.2, 0.25) is 0 Å². The number of hydrogen-bond acceptors (Lipinski definition) is 4. The normalized spacial score (nSPS) is 20.8. The van der Waals surface area contributed by atoms with Gasteiger partial charge in [0.05, 0.1) is 5.69 Å². The summed E-state index contributed by atoms with van der Waals surface area (Å²) in [6.07, 6.45) is 1.75. The molecule has 1 N–H and O–H groups in total. The minimum Gasteiger partial charge on any atom is -0.312 e. The number of rotatable bonds is 2. The van der Waals surface area contributed by atoms with E-state index >= 15 is 0 Å². The Morgan fingerprint density at radius 3 is 3.21 bits per heavy atom. The maximum Gasteiger partial charge on any atom is 0.258 e. The van der Waals surface area contributed by atoms with E-state index in [1.807, 2.05) is 18.2 Å². The first-order chi connectivity index (χ1) is 9.22. The van der Waals surface area contributed by atoms with Crippen LogP contribution in [-0.4, -0.2) is 40.0 Å². The molecule has 2 aromatic rings. The molecule has 0 saturated carbocycles. The van der Waals surface area contributed by atoms with Gasteiger partial charge in [-0.25, -0.2) is 4.98 Å². The molecule has 0 aliphatic carbocycles. The first-order valence-corrected chi connectivity index (χ1v) is 6.65. The molecule has 19 heavy (non-hydrogen) atoms. The molecule has 1 fully saturated rings. The fraction of sp³-hybridized carbons (Fsp3) is 0.429. The number of fused-ring (bicyclic) bond motifs is 1. The van der Waals surface area contributed by atoms with Gasteiger partial charge in [0, 0.05) is 44.5 Å². The molecule has 2 aromatic heterocycles. The van der Waals surface area contributed by atoms with Gasteiger partial charge in [0.1, 0.15) is 5.65 Å². The minimum atomic E-state index is -0.0104. The highest BCUT2D eigenvalue weighted by Gasteiger charge is 2.16. The lowest BCUT2D eigenvalue weighted by Gasteiger charge is -2.31. The van der Waals surface area contributed by atoms with Crippen LogP contribution in [0, 0.1) is 0 Å². The molecule has 1 aliphatic rings. The zero-order chi connectivity index (χ0) is 13.2. The maximum absolute atomic E-state index is 12.0. The largest absolute Gasteiger partial charge is 0.312 e. The number of pyridine rings is 1. The molecule has 5 nitrogen and oxygen atoms in total. The van der Waals surface area contributed by atoms with Crippen molar-refractivity contribution in [2.24, 2.45) is 0 Å². The summed E-state index contributed by atoms with van der Waals surface area (Å²) in [6.45, 7) is 5.91. The zero-order valence-corrected chi connectivity index (χ0v) is 11.0. The molecular formula is C14H18N4O. The summed E-state index contributed by atoms with van der Waals surface area (Å²) in [7, 11) is 0. The third-order valence-corrected chi connectivity index (χ3v) is 3.46. The molecule has 0 aromatic carbocycles. The van der Waals surface area contributed by atoms with E-state index in [9.17, 15) is 4.79 Å². The van der Waals surface area contributed by atoms with Crippen LogP contribution >= 0.6 is 0 Å². The van der Waals surface area contributed by atoms with E-state index in [0.29, 0.717) is 11.7 Å². The Morgan fingerprint density at radius 1 is 1.47 bits per heavy atom. The number of hydrogen-bond donors (Lipinski definition) is 1. The summed E-state index contributed by atoms with van der Waals surface area (Å²) in [5, 5.41) is 3.41. The molecule has 1 unspecified atom stereocenters. The summed E-state index contributed by atoms with van der Waals surface area (Å²) in [6, 6.07) is 7.74. The minimum absolute atomic E-state index is 0.0104. The Bertz CT molecular complexity index is 637. The van der Waals surface area contributed by atoms with Crippen molar-refractivity contribution in [1.82, 2.24) is 19.6 Å². The van der Waals surface area contributed by atoms with Crippen LogP contribution in [-0.2, 0) is 6.54 Å². The Kier molecular flexibility index (Phi) is 3.31. The second kappa shape index (κ2) is 5.11. The molecule has 1 atom stereocenters. The lowest BCUT2D eigenvalue weighted by atomic mass is 10.2. The van der Waals surface area contributed by atoms with Gasteiger partial charge in [0.15, 0.2) is 0 Å². The van der Waals surface area contributed by atoms with Crippen LogP contribution in [0.5, 0.6) is 0 Å². The van der Waals surface area contributed by atoms with Gasteiger partial charge in [-0.15, -0.1) is 0 Å². The van der Waals surface area contributed by atoms with Crippen LogP contribution in [0.1, 0.15) is 12.6 Å². The van der Waals surface area contributed by atoms with Gasteiger partial charge < -0.3 is 5.32 Å². The molecule has 1 aliphatic heterocycles. The quantitative estimate of drug-likeness (QED) is 0.851. The first kappa shape index (κ1) is 12.3. The molecule has 3 heterocycles. The highest BCUT2D eigenvalue weighted by atomic mass is 16.1. The lowest BCUT2D eigenvalue weighted by Crippen LogP contribution is -2.48. The Labute approximate surface area is 111 Å². The molecular weight excluding hydrogens is 240 g/mol. The SMILES string of the molecule is CC1CN(Cc2cc(=O)n3ccccc3n2)CCN1. The molecule has 0 amide bonds. The molecule has 100 valence electrons. The van der Waals surface area contributed by atoms with Crippen molar-refractivity contribution in [2.45, 2.75) is 19.5 Å². The van der Waals surface area contributed by atoms with Crippen molar-refractivity contribution < 1.29 is 0 Å².